The highest BCUT2D eigenvalue weighted by Crippen LogP contribution is 2.21. The summed E-state index contributed by atoms with van der Waals surface area (Å²) in [5, 5.41) is 7.79. The minimum absolute atomic E-state index is 0.0774. The Morgan fingerprint density at radius 3 is 2.64 bits per heavy atom. The van der Waals surface area contributed by atoms with Crippen LogP contribution in [-0.4, -0.2) is 43.8 Å². The molecule has 6 heteroatoms. The maximum Gasteiger partial charge on any atom is 0.191 e. The van der Waals surface area contributed by atoms with Gasteiger partial charge < -0.3 is 15.4 Å². The molecule has 0 aliphatic carbocycles. The molecule has 0 radical (unpaired) electrons. The number of aliphatic imine (C=N–C) groups is 1. The van der Waals surface area contributed by atoms with Crippen molar-refractivity contribution >= 4 is 17.3 Å². The molecule has 1 heterocycles. The molecular weight excluding hydrogens is 296 g/mol. The van der Waals surface area contributed by atoms with Crippen molar-refractivity contribution in [1.82, 2.24) is 15.6 Å². The summed E-state index contributed by atoms with van der Waals surface area (Å²) in [4.78, 5) is 10.3. The van der Waals surface area contributed by atoms with Gasteiger partial charge in [-0.1, -0.05) is 20.8 Å². The van der Waals surface area contributed by atoms with Crippen LogP contribution in [0.25, 0.3) is 0 Å². The number of thiazole rings is 1. The number of hydrogen-bond donors (Lipinski definition) is 2. The van der Waals surface area contributed by atoms with Gasteiger partial charge in [0.05, 0.1) is 17.7 Å². The summed E-state index contributed by atoms with van der Waals surface area (Å²) in [5.41, 5.74) is 0.0774. The molecule has 22 heavy (non-hydrogen) atoms. The van der Waals surface area contributed by atoms with Gasteiger partial charge in [0.2, 0.25) is 0 Å². The quantitative estimate of drug-likeness (QED) is 0.597. The van der Waals surface area contributed by atoms with Crippen LogP contribution in [0.1, 0.15) is 37.6 Å². The molecule has 1 unspecified atom stereocenters. The molecular formula is C16H30N4OS. The van der Waals surface area contributed by atoms with Crippen molar-refractivity contribution in [2.45, 2.75) is 47.1 Å². The molecule has 1 aromatic rings. The van der Waals surface area contributed by atoms with Crippen molar-refractivity contribution < 1.29 is 4.74 Å². The zero-order valence-corrected chi connectivity index (χ0v) is 15.5. The minimum Gasteiger partial charge on any atom is -0.379 e. The lowest BCUT2D eigenvalue weighted by atomic mass is 9.89. The Kier molecular flexibility index (Phi) is 7.82. The average Bonchev–Trinajstić information content (AvgIpc) is 2.83. The first kappa shape index (κ1) is 18.9. The monoisotopic (exact) mass is 326 g/mol. The number of rotatable bonds is 7. The Morgan fingerprint density at radius 2 is 2.14 bits per heavy atom. The molecule has 0 aromatic carbocycles. The van der Waals surface area contributed by atoms with Crippen LogP contribution in [0.2, 0.25) is 0 Å². The molecule has 0 saturated heterocycles. The predicted octanol–water partition coefficient (Wildman–Crippen LogP) is 2.61. The van der Waals surface area contributed by atoms with E-state index in [1.54, 1.807) is 18.4 Å². The van der Waals surface area contributed by atoms with Gasteiger partial charge in [-0.3, -0.25) is 4.99 Å². The van der Waals surface area contributed by atoms with E-state index in [9.17, 15) is 0 Å². The standard InChI is InChI=1S/C16H30N4OS/c1-7-17-15(20-11-13(21-6)16(3,4)5)18-9-8-14-19-10-12(2)22-14/h10,13H,7-9,11H2,1-6H3,(H2,17,18,20). The Hall–Kier alpha value is -1.14. The second kappa shape index (κ2) is 9.10. The molecule has 0 saturated carbocycles. The van der Waals surface area contributed by atoms with Crippen LogP contribution in [0.5, 0.6) is 0 Å². The number of aryl methyl sites for hydroxylation is 1. The molecule has 126 valence electrons. The lowest BCUT2D eigenvalue weighted by molar-refractivity contribution is 0.0241. The number of methoxy groups -OCH3 is 1. The van der Waals surface area contributed by atoms with Gasteiger partial charge in [0.25, 0.3) is 0 Å². The van der Waals surface area contributed by atoms with Gasteiger partial charge in [-0.25, -0.2) is 4.98 Å². The van der Waals surface area contributed by atoms with E-state index in [2.05, 4.69) is 55.2 Å². The zero-order valence-electron chi connectivity index (χ0n) is 14.7. The molecule has 1 atom stereocenters. The molecule has 1 aromatic heterocycles. The summed E-state index contributed by atoms with van der Waals surface area (Å²) in [6, 6.07) is 0. The third-order valence-electron chi connectivity index (χ3n) is 3.31. The lowest BCUT2D eigenvalue weighted by Gasteiger charge is -2.28. The van der Waals surface area contributed by atoms with Crippen molar-refractivity contribution in [3.8, 4) is 0 Å². The summed E-state index contributed by atoms with van der Waals surface area (Å²) in [6.45, 7) is 13.0. The Balaban J connectivity index is 2.51. The molecule has 0 bridgehead atoms. The summed E-state index contributed by atoms with van der Waals surface area (Å²) in [5.74, 6) is 0.835. The van der Waals surface area contributed by atoms with E-state index in [0.29, 0.717) is 6.54 Å². The topological polar surface area (TPSA) is 58.5 Å². The van der Waals surface area contributed by atoms with E-state index < -0.39 is 0 Å². The molecule has 5 nitrogen and oxygen atoms in total. The average molecular weight is 327 g/mol. The van der Waals surface area contributed by atoms with Crippen LogP contribution in [-0.2, 0) is 11.2 Å². The summed E-state index contributed by atoms with van der Waals surface area (Å²) < 4.78 is 5.55. The first-order valence-electron chi connectivity index (χ1n) is 7.83. The highest BCUT2D eigenvalue weighted by atomic mass is 32.1. The number of ether oxygens (including phenoxy) is 1. The van der Waals surface area contributed by atoms with Crippen LogP contribution in [0.3, 0.4) is 0 Å². The first-order chi connectivity index (χ1) is 10.4. The van der Waals surface area contributed by atoms with Crippen molar-refractivity contribution in [3.05, 3.63) is 16.1 Å². The van der Waals surface area contributed by atoms with Crippen molar-refractivity contribution in [2.75, 3.05) is 26.7 Å². The van der Waals surface area contributed by atoms with Crippen LogP contribution in [0.4, 0.5) is 0 Å². The van der Waals surface area contributed by atoms with Crippen LogP contribution in [0.15, 0.2) is 11.2 Å². The maximum absolute atomic E-state index is 5.55. The SMILES string of the molecule is CCNC(=NCC(OC)C(C)(C)C)NCCc1ncc(C)s1. The van der Waals surface area contributed by atoms with Gasteiger partial charge in [0.1, 0.15) is 0 Å². The number of guanidine groups is 1. The highest BCUT2D eigenvalue weighted by Gasteiger charge is 2.24. The van der Waals surface area contributed by atoms with Gasteiger partial charge in [-0.05, 0) is 19.3 Å². The largest absolute Gasteiger partial charge is 0.379 e. The molecule has 0 aliphatic rings. The minimum atomic E-state index is 0.0774. The summed E-state index contributed by atoms with van der Waals surface area (Å²) >= 11 is 1.75. The number of aromatic nitrogens is 1. The zero-order chi connectivity index (χ0) is 16.6. The van der Waals surface area contributed by atoms with Crippen LogP contribution < -0.4 is 10.6 Å². The van der Waals surface area contributed by atoms with E-state index in [0.717, 1.165) is 30.5 Å². The van der Waals surface area contributed by atoms with Crippen molar-refractivity contribution in [2.24, 2.45) is 10.4 Å². The second-order valence-electron chi connectivity index (χ2n) is 6.35. The number of nitrogens with one attached hydrogen (secondary N) is 2. The van der Waals surface area contributed by atoms with E-state index in [-0.39, 0.29) is 11.5 Å². The molecule has 0 fully saturated rings. The second-order valence-corrected chi connectivity index (χ2v) is 7.67. The van der Waals surface area contributed by atoms with Gasteiger partial charge in [-0.2, -0.15) is 0 Å². The van der Waals surface area contributed by atoms with Crippen LogP contribution >= 0.6 is 11.3 Å². The van der Waals surface area contributed by atoms with Gasteiger partial charge in [-0.15, -0.1) is 11.3 Å². The Bertz CT molecular complexity index is 465. The fourth-order valence-corrected chi connectivity index (χ4v) is 2.81. The first-order valence-corrected chi connectivity index (χ1v) is 8.64. The molecule has 2 N–H and O–H groups in total. The smallest absolute Gasteiger partial charge is 0.191 e. The van der Waals surface area contributed by atoms with E-state index >= 15 is 0 Å². The normalized spacial score (nSPS) is 14.0. The lowest BCUT2D eigenvalue weighted by Crippen LogP contribution is -2.40. The Morgan fingerprint density at radius 1 is 1.41 bits per heavy atom. The number of nitrogens with zero attached hydrogens (tertiary/aromatic N) is 2. The molecule has 0 amide bonds. The van der Waals surface area contributed by atoms with E-state index in [1.807, 2.05) is 6.20 Å². The van der Waals surface area contributed by atoms with E-state index in [4.69, 9.17) is 4.74 Å². The van der Waals surface area contributed by atoms with Crippen molar-refractivity contribution in [3.63, 3.8) is 0 Å². The van der Waals surface area contributed by atoms with Crippen LogP contribution in [0, 0.1) is 12.3 Å². The molecule has 0 aliphatic heterocycles. The fraction of sp³-hybridized carbons (Fsp3) is 0.750. The van der Waals surface area contributed by atoms with Gasteiger partial charge >= 0.3 is 0 Å². The molecule has 0 spiro atoms. The summed E-state index contributed by atoms with van der Waals surface area (Å²) in [7, 11) is 1.75. The number of hydrogen-bond acceptors (Lipinski definition) is 4. The van der Waals surface area contributed by atoms with E-state index in [1.165, 1.54) is 4.88 Å². The fourth-order valence-electron chi connectivity index (χ4n) is 2.02. The molecule has 1 rings (SSSR count). The third kappa shape index (κ3) is 6.75. The third-order valence-corrected chi connectivity index (χ3v) is 4.28. The highest BCUT2D eigenvalue weighted by molar-refractivity contribution is 7.11. The predicted molar refractivity (Wildman–Crippen MR) is 94.8 cm³/mol. The van der Waals surface area contributed by atoms with Gasteiger partial charge in [0, 0.05) is 37.7 Å². The van der Waals surface area contributed by atoms with Crippen molar-refractivity contribution in [1.29, 1.82) is 0 Å². The van der Waals surface area contributed by atoms with Gasteiger partial charge in [0.15, 0.2) is 5.96 Å². The maximum atomic E-state index is 5.55. The summed E-state index contributed by atoms with van der Waals surface area (Å²) in [6.07, 6.45) is 2.94. The Labute approximate surface area is 138 Å².